The zero-order valence-corrected chi connectivity index (χ0v) is 9.08. The normalized spacial score (nSPS) is 13.1. The average Bonchev–Trinajstić information content (AvgIpc) is 2.11. The smallest absolute Gasteiger partial charge is 0.239 e. The predicted octanol–water partition coefficient (Wildman–Crippen LogP) is -0.256. The highest BCUT2D eigenvalue weighted by molar-refractivity contribution is 5.80. The van der Waals surface area contributed by atoms with Gasteiger partial charge in [-0.05, 0) is 33.5 Å². The van der Waals surface area contributed by atoms with Crippen molar-refractivity contribution in [1.29, 1.82) is 0 Å². The van der Waals surface area contributed by atoms with Gasteiger partial charge >= 0.3 is 0 Å². The van der Waals surface area contributed by atoms with E-state index in [1.165, 1.54) is 0 Å². The molecule has 0 rings (SSSR count). The van der Waals surface area contributed by atoms with Gasteiger partial charge in [0.1, 0.15) is 0 Å². The SMILES string of the molecule is CC(C(=O)N(C)C)N(C)CCCN. The van der Waals surface area contributed by atoms with E-state index in [-0.39, 0.29) is 11.9 Å². The number of nitrogens with zero attached hydrogens (tertiary/aromatic N) is 2. The third-order valence-corrected chi connectivity index (χ3v) is 2.17. The summed E-state index contributed by atoms with van der Waals surface area (Å²) < 4.78 is 0. The molecule has 78 valence electrons. The van der Waals surface area contributed by atoms with Gasteiger partial charge in [-0.3, -0.25) is 9.69 Å². The minimum absolute atomic E-state index is 0.0541. The molecule has 1 unspecified atom stereocenters. The van der Waals surface area contributed by atoms with E-state index in [1.54, 1.807) is 19.0 Å². The highest BCUT2D eigenvalue weighted by Crippen LogP contribution is 1.99. The summed E-state index contributed by atoms with van der Waals surface area (Å²) in [4.78, 5) is 15.1. The van der Waals surface area contributed by atoms with E-state index in [2.05, 4.69) is 0 Å². The number of hydrogen-bond acceptors (Lipinski definition) is 3. The van der Waals surface area contributed by atoms with Crippen LogP contribution in [0.4, 0.5) is 0 Å². The minimum Gasteiger partial charge on any atom is -0.347 e. The van der Waals surface area contributed by atoms with E-state index in [0.29, 0.717) is 6.54 Å². The van der Waals surface area contributed by atoms with Gasteiger partial charge in [0.15, 0.2) is 0 Å². The maximum atomic E-state index is 11.5. The Morgan fingerprint density at radius 1 is 1.38 bits per heavy atom. The summed E-state index contributed by atoms with van der Waals surface area (Å²) in [6, 6.07) is -0.0541. The fraction of sp³-hybridized carbons (Fsp3) is 0.889. The number of nitrogens with two attached hydrogens (primary N) is 1. The minimum atomic E-state index is -0.0541. The molecule has 0 fully saturated rings. The summed E-state index contributed by atoms with van der Waals surface area (Å²) in [5.74, 6) is 0.138. The average molecular weight is 187 g/mol. The summed E-state index contributed by atoms with van der Waals surface area (Å²) in [6.07, 6.45) is 0.932. The Morgan fingerprint density at radius 3 is 2.31 bits per heavy atom. The monoisotopic (exact) mass is 187 g/mol. The molecule has 0 spiro atoms. The fourth-order valence-corrected chi connectivity index (χ4v) is 1.10. The van der Waals surface area contributed by atoms with Crippen molar-refractivity contribution in [1.82, 2.24) is 9.80 Å². The lowest BCUT2D eigenvalue weighted by molar-refractivity contribution is -0.133. The molecule has 0 aromatic rings. The topological polar surface area (TPSA) is 49.6 Å². The Bertz CT molecular complexity index is 159. The molecule has 0 aromatic carbocycles. The Balaban J connectivity index is 3.94. The molecule has 1 amide bonds. The maximum Gasteiger partial charge on any atom is 0.239 e. The van der Waals surface area contributed by atoms with Crippen molar-refractivity contribution in [3.05, 3.63) is 0 Å². The molecular weight excluding hydrogens is 166 g/mol. The van der Waals surface area contributed by atoms with Gasteiger partial charge in [-0.2, -0.15) is 0 Å². The molecule has 0 heterocycles. The molecule has 0 bridgehead atoms. The molecule has 0 aliphatic heterocycles. The first kappa shape index (κ1) is 12.4. The summed E-state index contributed by atoms with van der Waals surface area (Å²) in [5.41, 5.74) is 5.39. The molecular formula is C9H21N3O. The number of carbonyl (C=O) groups is 1. The second kappa shape index (κ2) is 5.94. The first-order valence-electron chi connectivity index (χ1n) is 4.62. The second-order valence-corrected chi connectivity index (χ2v) is 3.53. The summed E-state index contributed by atoms with van der Waals surface area (Å²) in [5, 5.41) is 0. The largest absolute Gasteiger partial charge is 0.347 e. The molecule has 0 radical (unpaired) electrons. The zero-order chi connectivity index (χ0) is 10.4. The zero-order valence-electron chi connectivity index (χ0n) is 9.08. The van der Waals surface area contributed by atoms with Crippen LogP contribution in [0.25, 0.3) is 0 Å². The van der Waals surface area contributed by atoms with Crippen LogP contribution < -0.4 is 5.73 Å². The molecule has 0 aliphatic rings. The van der Waals surface area contributed by atoms with Gasteiger partial charge < -0.3 is 10.6 Å². The summed E-state index contributed by atoms with van der Waals surface area (Å²) >= 11 is 0. The van der Waals surface area contributed by atoms with Crippen molar-refractivity contribution in [3.8, 4) is 0 Å². The summed E-state index contributed by atoms with van der Waals surface area (Å²) in [6.45, 7) is 3.46. The van der Waals surface area contributed by atoms with Crippen LogP contribution in [0.3, 0.4) is 0 Å². The van der Waals surface area contributed by atoms with E-state index in [9.17, 15) is 4.79 Å². The lowest BCUT2D eigenvalue weighted by Gasteiger charge is -2.25. The van der Waals surface area contributed by atoms with Gasteiger partial charge in [0.25, 0.3) is 0 Å². The molecule has 4 heteroatoms. The van der Waals surface area contributed by atoms with E-state index < -0.39 is 0 Å². The molecule has 0 saturated heterocycles. The Kier molecular flexibility index (Phi) is 5.66. The Labute approximate surface area is 80.7 Å². The maximum absolute atomic E-state index is 11.5. The first-order chi connectivity index (χ1) is 6.00. The highest BCUT2D eigenvalue weighted by atomic mass is 16.2. The van der Waals surface area contributed by atoms with Gasteiger partial charge in [0, 0.05) is 14.1 Å². The van der Waals surface area contributed by atoms with Crippen LogP contribution in [0.15, 0.2) is 0 Å². The molecule has 1 atom stereocenters. The quantitative estimate of drug-likeness (QED) is 0.645. The van der Waals surface area contributed by atoms with E-state index in [4.69, 9.17) is 5.73 Å². The van der Waals surface area contributed by atoms with Crippen LogP contribution in [-0.2, 0) is 4.79 Å². The van der Waals surface area contributed by atoms with Gasteiger partial charge in [0.05, 0.1) is 6.04 Å². The van der Waals surface area contributed by atoms with Crippen LogP contribution in [0, 0.1) is 0 Å². The van der Waals surface area contributed by atoms with Gasteiger partial charge in [0.2, 0.25) is 5.91 Å². The van der Waals surface area contributed by atoms with E-state index in [0.717, 1.165) is 13.0 Å². The van der Waals surface area contributed by atoms with Crippen molar-refractivity contribution in [2.45, 2.75) is 19.4 Å². The molecule has 0 aliphatic carbocycles. The third kappa shape index (κ3) is 4.24. The molecule has 0 saturated carbocycles. The van der Waals surface area contributed by atoms with Gasteiger partial charge in [-0.1, -0.05) is 0 Å². The predicted molar refractivity (Wildman–Crippen MR) is 54.5 cm³/mol. The number of hydrogen-bond donors (Lipinski definition) is 1. The van der Waals surface area contributed by atoms with Crippen LogP contribution in [-0.4, -0.2) is 56.0 Å². The van der Waals surface area contributed by atoms with Gasteiger partial charge in [-0.15, -0.1) is 0 Å². The molecule has 2 N–H and O–H groups in total. The van der Waals surface area contributed by atoms with Crippen molar-refractivity contribution >= 4 is 5.91 Å². The Morgan fingerprint density at radius 2 is 1.92 bits per heavy atom. The molecule has 0 aromatic heterocycles. The number of carbonyl (C=O) groups excluding carboxylic acids is 1. The third-order valence-electron chi connectivity index (χ3n) is 2.17. The first-order valence-corrected chi connectivity index (χ1v) is 4.62. The lowest BCUT2D eigenvalue weighted by atomic mass is 10.2. The summed E-state index contributed by atoms with van der Waals surface area (Å²) in [7, 11) is 5.49. The van der Waals surface area contributed by atoms with Crippen molar-refractivity contribution in [3.63, 3.8) is 0 Å². The van der Waals surface area contributed by atoms with Crippen molar-refractivity contribution in [2.75, 3.05) is 34.2 Å². The van der Waals surface area contributed by atoms with Crippen LogP contribution in [0.2, 0.25) is 0 Å². The van der Waals surface area contributed by atoms with E-state index >= 15 is 0 Å². The van der Waals surface area contributed by atoms with Crippen LogP contribution in [0.1, 0.15) is 13.3 Å². The lowest BCUT2D eigenvalue weighted by Crippen LogP contribution is -2.43. The number of amides is 1. The highest BCUT2D eigenvalue weighted by Gasteiger charge is 2.18. The molecule has 13 heavy (non-hydrogen) atoms. The number of likely N-dealkylation sites (N-methyl/N-ethyl adjacent to an activating group) is 2. The Hall–Kier alpha value is -0.610. The standard InChI is InChI=1S/C9H21N3O/c1-8(9(13)11(2)3)12(4)7-5-6-10/h8H,5-7,10H2,1-4H3. The van der Waals surface area contributed by atoms with Gasteiger partial charge in [-0.25, -0.2) is 0 Å². The fourth-order valence-electron chi connectivity index (χ4n) is 1.10. The van der Waals surface area contributed by atoms with E-state index in [1.807, 2.05) is 18.9 Å². The van der Waals surface area contributed by atoms with Crippen molar-refractivity contribution < 1.29 is 4.79 Å². The molecule has 4 nitrogen and oxygen atoms in total. The number of rotatable bonds is 5. The van der Waals surface area contributed by atoms with Crippen molar-refractivity contribution in [2.24, 2.45) is 5.73 Å². The second-order valence-electron chi connectivity index (χ2n) is 3.53. The van der Waals surface area contributed by atoms with Crippen LogP contribution >= 0.6 is 0 Å². The van der Waals surface area contributed by atoms with Crippen LogP contribution in [0.5, 0.6) is 0 Å².